The molecule has 0 saturated heterocycles. The number of rotatable bonds is 8. The van der Waals surface area contributed by atoms with Gasteiger partial charge in [-0.05, 0) is 53.6 Å². The minimum atomic E-state index is -0.255. The van der Waals surface area contributed by atoms with Crippen LogP contribution >= 0.6 is 23.1 Å². The van der Waals surface area contributed by atoms with E-state index in [1.165, 1.54) is 4.70 Å². The van der Waals surface area contributed by atoms with Crippen LogP contribution in [0.1, 0.15) is 21.5 Å². The van der Waals surface area contributed by atoms with Gasteiger partial charge in [0.2, 0.25) is 0 Å². The fraction of sp³-hybridized carbons (Fsp3) is 0.0278. The summed E-state index contributed by atoms with van der Waals surface area (Å²) in [6.07, 6.45) is 1.75. The van der Waals surface area contributed by atoms with Crippen molar-refractivity contribution in [2.45, 2.75) is 10.1 Å². The van der Waals surface area contributed by atoms with Gasteiger partial charge in [-0.3, -0.25) is 4.79 Å². The standard InChI is InChI=1S/C36H26N4OS2/c41-35(27-21-19-25(20-22-27)24-42-36-38-31-16-8-10-18-33(31)43-36)39-37-23-30-29-15-7-9-17-32(29)40(28-13-5-2-6-14-28)34(30)26-11-3-1-4-12-26/h1-23H,24H2,(H,39,41)/b37-23+. The van der Waals surface area contributed by atoms with Gasteiger partial charge >= 0.3 is 0 Å². The summed E-state index contributed by atoms with van der Waals surface area (Å²) in [6.45, 7) is 0. The quantitative estimate of drug-likeness (QED) is 0.109. The van der Waals surface area contributed by atoms with Crippen LogP contribution in [0.15, 0.2) is 143 Å². The molecule has 0 unspecified atom stereocenters. The van der Waals surface area contributed by atoms with Crippen molar-refractivity contribution >= 4 is 56.3 Å². The highest BCUT2D eigenvalue weighted by Crippen LogP contribution is 2.35. The number of nitrogens with one attached hydrogen (secondary N) is 1. The number of nitrogens with zero attached hydrogens (tertiary/aromatic N) is 3. The molecule has 0 bridgehead atoms. The summed E-state index contributed by atoms with van der Waals surface area (Å²) >= 11 is 3.41. The topological polar surface area (TPSA) is 59.3 Å². The van der Waals surface area contributed by atoms with E-state index in [1.54, 1.807) is 29.3 Å². The van der Waals surface area contributed by atoms with Crippen LogP contribution in [0.3, 0.4) is 0 Å². The van der Waals surface area contributed by atoms with Crippen molar-refractivity contribution in [1.82, 2.24) is 15.0 Å². The van der Waals surface area contributed by atoms with Gasteiger partial charge in [-0.15, -0.1) is 11.3 Å². The molecule has 7 aromatic rings. The summed E-state index contributed by atoms with van der Waals surface area (Å²) in [7, 11) is 0. The molecule has 5 aromatic carbocycles. The lowest BCUT2D eigenvalue weighted by Crippen LogP contribution is -2.17. The zero-order valence-corrected chi connectivity index (χ0v) is 24.7. The van der Waals surface area contributed by atoms with Crippen LogP contribution in [0.2, 0.25) is 0 Å². The molecule has 0 atom stereocenters. The number of carbonyl (C=O) groups is 1. The molecule has 0 spiro atoms. The van der Waals surface area contributed by atoms with Gasteiger partial charge in [0.1, 0.15) is 0 Å². The highest BCUT2D eigenvalue weighted by Gasteiger charge is 2.18. The molecule has 0 aliphatic carbocycles. The van der Waals surface area contributed by atoms with E-state index >= 15 is 0 Å². The minimum Gasteiger partial charge on any atom is -0.309 e. The third-order valence-corrected chi connectivity index (χ3v) is 9.44. The fourth-order valence-corrected chi connectivity index (χ4v) is 7.18. The van der Waals surface area contributed by atoms with Gasteiger partial charge in [-0.2, -0.15) is 5.10 Å². The lowest BCUT2D eigenvalue weighted by atomic mass is 10.1. The van der Waals surface area contributed by atoms with E-state index < -0.39 is 0 Å². The summed E-state index contributed by atoms with van der Waals surface area (Å²) in [4.78, 5) is 17.7. The Morgan fingerprint density at radius 3 is 2.30 bits per heavy atom. The molecule has 2 aromatic heterocycles. The SMILES string of the molecule is O=C(N/N=C/c1c(-c2ccccc2)n(-c2ccccc2)c2ccccc12)c1ccc(CSc2nc3ccccc3s2)cc1. The Hall–Kier alpha value is -4.98. The third kappa shape index (κ3) is 5.60. The zero-order valence-electron chi connectivity index (χ0n) is 23.1. The number of thioether (sulfide) groups is 1. The molecular weight excluding hydrogens is 569 g/mol. The average Bonchev–Trinajstić information content (AvgIpc) is 3.64. The van der Waals surface area contributed by atoms with E-state index in [0.717, 1.165) is 54.6 Å². The van der Waals surface area contributed by atoms with Crippen molar-refractivity contribution in [1.29, 1.82) is 0 Å². The molecule has 1 N–H and O–H groups in total. The number of benzene rings is 5. The van der Waals surface area contributed by atoms with E-state index in [9.17, 15) is 4.79 Å². The molecule has 5 nitrogen and oxygen atoms in total. The van der Waals surface area contributed by atoms with Crippen LogP contribution in [-0.4, -0.2) is 21.7 Å². The van der Waals surface area contributed by atoms with Gasteiger partial charge < -0.3 is 4.57 Å². The molecular formula is C36H26N4OS2. The predicted molar refractivity (Wildman–Crippen MR) is 179 cm³/mol. The summed E-state index contributed by atoms with van der Waals surface area (Å²) in [5.41, 5.74) is 10.6. The molecule has 208 valence electrons. The maximum atomic E-state index is 13.0. The van der Waals surface area contributed by atoms with Crippen LogP contribution < -0.4 is 5.43 Å². The third-order valence-electron chi connectivity index (χ3n) is 7.19. The minimum absolute atomic E-state index is 0.255. The molecule has 0 fully saturated rings. The first-order chi connectivity index (χ1) is 21.2. The largest absolute Gasteiger partial charge is 0.309 e. The lowest BCUT2D eigenvalue weighted by Gasteiger charge is -2.12. The van der Waals surface area contributed by atoms with Crippen molar-refractivity contribution in [3.8, 4) is 16.9 Å². The summed E-state index contributed by atoms with van der Waals surface area (Å²) in [5, 5.41) is 5.49. The Balaban J connectivity index is 1.12. The Labute approximate surface area is 257 Å². The van der Waals surface area contributed by atoms with Crippen molar-refractivity contribution < 1.29 is 4.79 Å². The van der Waals surface area contributed by atoms with Crippen LogP contribution in [0.5, 0.6) is 0 Å². The maximum Gasteiger partial charge on any atom is 0.271 e. The Morgan fingerprint density at radius 1 is 0.814 bits per heavy atom. The van der Waals surface area contributed by atoms with E-state index in [1.807, 2.05) is 91.0 Å². The summed E-state index contributed by atoms with van der Waals surface area (Å²) in [5.74, 6) is 0.530. The first-order valence-corrected chi connectivity index (χ1v) is 15.7. The number of hydrogen-bond donors (Lipinski definition) is 1. The molecule has 7 rings (SSSR count). The van der Waals surface area contributed by atoms with Crippen LogP contribution in [0.25, 0.3) is 38.1 Å². The summed E-state index contributed by atoms with van der Waals surface area (Å²) in [6, 6.07) is 44.7. The van der Waals surface area contributed by atoms with Gasteiger partial charge in [0, 0.05) is 28.0 Å². The van der Waals surface area contributed by atoms with Crippen molar-refractivity contribution in [3.05, 3.63) is 150 Å². The molecule has 0 aliphatic heterocycles. The second kappa shape index (κ2) is 12.1. The van der Waals surface area contributed by atoms with Crippen molar-refractivity contribution in [2.75, 3.05) is 0 Å². The van der Waals surface area contributed by atoms with Crippen molar-refractivity contribution in [2.24, 2.45) is 5.10 Å². The number of fused-ring (bicyclic) bond motifs is 2. The molecule has 43 heavy (non-hydrogen) atoms. The van der Waals surface area contributed by atoms with Gasteiger partial charge in [0.15, 0.2) is 4.34 Å². The van der Waals surface area contributed by atoms with Crippen LogP contribution in [-0.2, 0) is 5.75 Å². The van der Waals surface area contributed by atoms with E-state index in [-0.39, 0.29) is 5.91 Å². The van der Waals surface area contributed by atoms with Gasteiger partial charge in [-0.1, -0.05) is 103 Å². The van der Waals surface area contributed by atoms with E-state index in [2.05, 4.69) is 57.6 Å². The highest BCUT2D eigenvalue weighted by atomic mass is 32.2. The lowest BCUT2D eigenvalue weighted by molar-refractivity contribution is 0.0955. The number of amides is 1. The number of thiazole rings is 1. The average molecular weight is 595 g/mol. The first-order valence-electron chi connectivity index (χ1n) is 13.9. The molecule has 0 aliphatic rings. The monoisotopic (exact) mass is 594 g/mol. The number of aromatic nitrogens is 2. The Bertz CT molecular complexity index is 2030. The smallest absolute Gasteiger partial charge is 0.271 e. The van der Waals surface area contributed by atoms with Crippen LogP contribution in [0, 0.1) is 0 Å². The number of hydrogen-bond acceptors (Lipinski definition) is 5. The zero-order chi connectivity index (χ0) is 29.0. The van der Waals surface area contributed by atoms with Gasteiger partial charge in [-0.25, -0.2) is 10.4 Å². The molecule has 2 heterocycles. The van der Waals surface area contributed by atoms with E-state index in [0.29, 0.717) is 5.56 Å². The molecule has 0 saturated carbocycles. The van der Waals surface area contributed by atoms with Crippen molar-refractivity contribution in [3.63, 3.8) is 0 Å². The highest BCUT2D eigenvalue weighted by molar-refractivity contribution is 8.00. The first kappa shape index (κ1) is 26.9. The summed E-state index contributed by atoms with van der Waals surface area (Å²) < 4.78 is 4.48. The maximum absolute atomic E-state index is 13.0. The number of hydrazone groups is 1. The van der Waals surface area contributed by atoms with Gasteiger partial charge in [0.25, 0.3) is 5.91 Å². The van der Waals surface area contributed by atoms with Gasteiger partial charge in [0.05, 0.1) is 27.6 Å². The van der Waals surface area contributed by atoms with E-state index in [4.69, 9.17) is 4.98 Å². The molecule has 0 radical (unpaired) electrons. The second-order valence-electron chi connectivity index (χ2n) is 9.95. The molecule has 7 heteroatoms. The predicted octanol–water partition coefficient (Wildman–Crippen LogP) is 8.96. The Kier molecular flexibility index (Phi) is 7.56. The fourth-order valence-electron chi connectivity index (χ4n) is 5.15. The normalized spacial score (nSPS) is 11.4. The Morgan fingerprint density at radius 2 is 1.51 bits per heavy atom. The molecule has 1 amide bonds. The number of carbonyl (C=O) groups excluding carboxylic acids is 1. The second-order valence-corrected chi connectivity index (χ2v) is 12.2. The van der Waals surface area contributed by atoms with Crippen LogP contribution in [0.4, 0.5) is 0 Å². The number of para-hydroxylation sites is 3.